The molecule has 0 saturated heterocycles. The lowest BCUT2D eigenvalue weighted by Crippen LogP contribution is -2.03. The van der Waals surface area contributed by atoms with Crippen LogP contribution in [0.25, 0.3) is 0 Å². The zero-order chi connectivity index (χ0) is 10.5. The van der Waals surface area contributed by atoms with Gasteiger partial charge in [0, 0.05) is 0 Å². The fraction of sp³-hybridized carbons (Fsp3) is 1.00. The molecule has 0 rings (SSSR count). The van der Waals surface area contributed by atoms with Crippen LogP contribution in [-0.2, 0) is 20.9 Å². The van der Waals surface area contributed by atoms with E-state index in [4.69, 9.17) is 32.1 Å². The summed E-state index contributed by atoms with van der Waals surface area (Å²) in [6.07, 6.45) is 0. The van der Waals surface area contributed by atoms with Crippen molar-refractivity contribution >= 4 is 28.9 Å². The summed E-state index contributed by atoms with van der Waals surface area (Å²) in [4.78, 5) is 0. The van der Waals surface area contributed by atoms with Gasteiger partial charge in [0.1, 0.15) is 0 Å². The normalized spacial score (nSPS) is 12.8. The Labute approximate surface area is 90.9 Å². The second kappa shape index (κ2) is 6.36. The van der Waals surface area contributed by atoms with Crippen LogP contribution in [0, 0.1) is 11.8 Å². The summed E-state index contributed by atoms with van der Waals surface area (Å²) in [7, 11) is 0. The van der Waals surface area contributed by atoms with Crippen molar-refractivity contribution in [2.24, 2.45) is 11.8 Å². The lowest BCUT2D eigenvalue weighted by molar-refractivity contribution is 0.218. The number of halogens is 1. The van der Waals surface area contributed by atoms with E-state index in [1.165, 1.54) is 0 Å². The van der Waals surface area contributed by atoms with Crippen molar-refractivity contribution in [2.75, 3.05) is 13.2 Å². The molecule has 0 aliphatic heterocycles. The second-order valence-electron chi connectivity index (χ2n) is 3.81. The van der Waals surface area contributed by atoms with Crippen LogP contribution in [0.1, 0.15) is 27.7 Å². The Kier molecular flexibility index (Phi) is 6.78. The first-order chi connectivity index (χ1) is 5.83. The first-order valence-electron chi connectivity index (χ1n) is 4.42. The van der Waals surface area contributed by atoms with Crippen molar-refractivity contribution < 1.29 is 9.05 Å². The van der Waals surface area contributed by atoms with Gasteiger partial charge in [0.25, 0.3) is 5.84 Å². The van der Waals surface area contributed by atoms with Gasteiger partial charge in [-0.3, -0.25) is 0 Å². The van der Waals surface area contributed by atoms with Crippen molar-refractivity contribution in [2.45, 2.75) is 27.7 Å². The minimum Gasteiger partial charge on any atom is -0.318 e. The second-order valence-corrected chi connectivity index (χ2v) is 8.57. The molecule has 0 spiro atoms. The van der Waals surface area contributed by atoms with E-state index in [-0.39, 0.29) is 0 Å². The summed E-state index contributed by atoms with van der Waals surface area (Å²) in [6.45, 7) is 9.34. The molecule has 0 amide bonds. The summed E-state index contributed by atoms with van der Waals surface area (Å²) in [5, 5.41) is 0. The zero-order valence-corrected chi connectivity index (χ0v) is 11.1. The van der Waals surface area contributed by atoms with Gasteiger partial charge in [-0.05, 0) is 34.9 Å². The molecule has 0 aromatic carbocycles. The van der Waals surface area contributed by atoms with Gasteiger partial charge in [0.05, 0.1) is 13.2 Å². The topological polar surface area (TPSA) is 18.5 Å². The lowest BCUT2D eigenvalue weighted by Gasteiger charge is -2.17. The minimum absolute atomic E-state index is 0.434. The van der Waals surface area contributed by atoms with Gasteiger partial charge < -0.3 is 9.05 Å². The summed E-state index contributed by atoms with van der Waals surface area (Å²) < 4.78 is 10.6. The maximum absolute atomic E-state index is 5.91. The van der Waals surface area contributed by atoms with Crippen LogP contribution in [0.3, 0.4) is 0 Å². The Balaban J connectivity index is 3.74. The number of hydrogen-bond donors (Lipinski definition) is 0. The van der Waals surface area contributed by atoms with E-state index in [2.05, 4.69) is 27.7 Å². The Morgan fingerprint density at radius 2 is 1.38 bits per heavy atom. The first kappa shape index (κ1) is 13.9. The molecule has 0 unspecified atom stereocenters. The molecule has 0 N–H and O–H groups in total. The van der Waals surface area contributed by atoms with Crippen LogP contribution in [0.15, 0.2) is 0 Å². The Morgan fingerprint density at radius 1 is 1.08 bits per heavy atom. The fourth-order valence-electron chi connectivity index (χ4n) is 0.513. The largest absolute Gasteiger partial charge is 0.318 e. The molecule has 0 aliphatic rings. The minimum atomic E-state index is -2.49. The monoisotopic (exact) mass is 244 g/mol. The third kappa shape index (κ3) is 9.17. The van der Waals surface area contributed by atoms with Crippen LogP contribution in [0.5, 0.6) is 0 Å². The van der Waals surface area contributed by atoms with Crippen molar-refractivity contribution in [1.82, 2.24) is 0 Å². The summed E-state index contributed by atoms with van der Waals surface area (Å²) in [5.41, 5.74) is 0. The molecular formula is C8H18ClO2PS. The molecule has 0 atom stereocenters. The smallest absolute Gasteiger partial charge is 0.281 e. The predicted molar refractivity (Wildman–Crippen MR) is 61.7 cm³/mol. The van der Waals surface area contributed by atoms with E-state index in [9.17, 15) is 0 Å². The molecule has 13 heavy (non-hydrogen) atoms. The predicted octanol–water partition coefficient (Wildman–Crippen LogP) is 3.79. The summed E-state index contributed by atoms with van der Waals surface area (Å²) >= 11 is 10.9. The fourth-order valence-corrected chi connectivity index (χ4v) is 2.24. The maximum atomic E-state index is 5.91. The number of hydrogen-bond acceptors (Lipinski definition) is 3. The molecule has 0 aliphatic carbocycles. The molecular weight excluding hydrogens is 227 g/mol. The molecule has 5 heteroatoms. The van der Waals surface area contributed by atoms with Gasteiger partial charge in [0.15, 0.2) is 0 Å². The van der Waals surface area contributed by atoms with Gasteiger partial charge in [-0.25, -0.2) is 0 Å². The van der Waals surface area contributed by atoms with E-state index in [0.717, 1.165) is 0 Å². The van der Waals surface area contributed by atoms with Crippen molar-refractivity contribution in [3.05, 3.63) is 0 Å². The van der Waals surface area contributed by atoms with Gasteiger partial charge in [0.2, 0.25) is 0 Å². The van der Waals surface area contributed by atoms with Crippen molar-refractivity contribution in [1.29, 1.82) is 0 Å². The highest BCUT2D eigenvalue weighted by atomic mass is 35.7. The van der Waals surface area contributed by atoms with E-state index in [0.29, 0.717) is 25.0 Å². The van der Waals surface area contributed by atoms with Crippen molar-refractivity contribution in [3.8, 4) is 0 Å². The average molecular weight is 245 g/mol. The number of rotatable bonds is 6. The Morgan fingerprint density at radius 3 is 1.62 bits per heavy atom. The third-order valence-corrected chi connectivity index (χ3v) is 3.26. The molecule has 0 saturated carbocycles. The highest BCUT2D eigenvalue weighted by Crippen LogP contribution is 2.54. The highest BCUT2D eigenvalue weighted by Gasteiger charge is 2.16. The summed E-state index contributed by atoms with van der Waals surface area (Å²) in [6, 6.07) is 0. The van der Waals surface area contributed by atoms with Gasteiger partial charge in [-0.2, -0.15) is 0 Å². The van der Waals surface area contributed by atoms with Crippen LogP contribution in [-0.4, -0.2) is 13.2 Å². The summed E-state index contributed by atoms with van der Waals surface area (Å²) in [5.74, 6) is -1.63. The van der Waals surface area contributed by atoms with Gasteiger partial charge >= 0.3 is 0 Å². The van der Waals surface area contributed by atoms with Crippen LogP contribution >= 0.6 is 17.1 Å². The zero-order valence-electron chi connectivity index (χ0n) is 8.62. The highest BCUT2D eigenvalue weighted by molar-refractivity contribution is 8.22. The molecule has 0 aromatic rings. The van der Waals surface area contributed by atoms with E-state index >= 15 is 0 Å². The van der Waals surface area contributed by atoms with Crippen LogP contribution in [0.2, 0.25) is 0 Å². The maximum Gasteiger partial charge on any atom is 0.281 e. The Hall–Kier alpha value is 0.860. The first-order valence-corrected chi connectivity index (χ1v) is 7.96. The molecule has 0 radical (unpaired) electrons. The molecule has 0 heterocycles. The molecule has 0 fully saturated rings. The van der Waals surface area contributed by atoms with E-state index < -0.39 is 5.84 Å². The quantitative estimate of drug-likeness (QED) is 0.663. The average Bonchev–Trinajstić information content (AvgIpc) is 1.98. The van der Waals surface area contributed by atoms with Gasteiger partial charge in [-0.15, -0.1) is 0 Å². The molecule has 2 nitrogen and oxygen atoms in total. The Bertz CT molecular complexity index is 169. The van der Waals surface area contributed by atoms with E-state index in [1.54, 1.807) is 0 Å². The lowest BCUT2D eigenvalue weighted by atomic mass is 10.2. The third-order valence-electron chi connectivity index (χ3n) is 1.12. The van der Waals surface area contributed by atoms with Crippen LogP contribution in [0.4, 0.5) is 0 Å². The van der Waals surface area contributed by atoms with Crippen molar-refractivity contribution in [3.63, 3.8) is 0 Å². The van der Waals surface area contributed by atoms with E-state index in [1.807, 2.05) is 0 Å². The SMILES string of the molecule is CC(C)COP(=S)(Cl)OCC(C)C. The van der Waals surface area contributed by atoms with Crippen LogP contribution < -0.4 is 0 Å². The molecule has 80 valence electrons. The van der Waals surface area contributed by atoms with Gasteiger partial charge in [-0.1, -0.05) is 27.7 Å². The molecule has 0 bridgehead atoms. The standard InChI is InChI=1S/C8H18ClO2PS/c1-7(2)5-10-12(9,13)11-6-8(3)4/h7-8H,5-6H2,1-4H3. The molecule has 0 aromatic heterocycles.